The molecule has 1 N–H and O–H groups in total. The van der Waals surface area contributed by atoms with Crippen LogP contribution in [-0.2, 0) is 4.79 Å². The highest BCUT2D eigenvalue weighted by Gasteiger charge is 2.35. The van der Waals surface area contributed by atoms with Crippen LogP contribution in [0.1, 0.15) is 12.1 Å². The predicted octanol–water partition coefficient (Wildman–Crippen LogP) is 1.50. The molecule has 0 aromatic carbocycles. The number of aryl methyl sites for hydroxylation is 1. The Balaban J connectivity index is 1.98. The van der Waals surface area contributed by atoms with Crippen molar-refractivity contribution in [3.63, 3.8) is 0 Å². The van der Waals surface area contributed by atoms with Gasteiger partial charge >= 0.3 is 0 Å². The number of rotatable bonds is 2. The lowest BCUT2D eigenvalue weighted by Gasteiger charge is -1.95. The van der Waals surface area contributed by atoms with Gasteiger partial charge in [-0.25, -0.2) is 0 Å². The average molecular weight is 178 g/mol. The van der Waals surface area contributed by atoms with E-state index in [1.54, 1.807) is 13.0 Å². The summed E-state index contributed by atoms with van der Waals surface area (Å²) in [5.41, 5.74) is 1.73. The predicted molar refractivity (Wildman–Crippen MR) is 47.1 cm³/mol. The summed E-state index contributed by atoms with van der Waals surface area (Å²) in [7, 11) is 0. The van der Waals surface area contributed by atoms with Crippen LogP contribution in [0.15, 0.2) is 22.7 Å². The normalized spacial score (nSPS) is 20.1. The molecule has 0 spiro atoms. The van der Waals surface area contributed by atoms with Crippen molar-refractivity contribution in [1.82, 2.24) is 5.16 Å². The number of hydrogen-bond acceptors (Lipinski definition) is 3. The molecular weight excluding hydrogens is 168 g/mol. The third kappa shape index (κ3) is 1.61. The summed E-state index contributed by atoms with van der Waals surface area (Å²) in [4.78, 5) is 11.3. The van der Waals surface area contributed by atoms with Crippen LogP contribution < -0.4 is 5.32 Å². The second kappa shape index (κ2) is 2.73. The van der Waals surface area contributed by atoms with Crippen molar-refractivity contribution in [2.24, 2.45) is 5.92 Å². The van der Waals surface area contributed by atoms with E-state index in [2.05, 4.69) is 17.1 Å². The van der Waals surface area contributed by atoms with Crippen LogP contribution in [0.2, 0.25) is 0 Å². The van der Waals surface area contributed by atoms with Gasteiger partial charge in [-0.15, -0.1) is 0 Å². The molecule has 1 saturated carbocycles. The molecular formula is C9H10N2O2. The van der Waals surface area contributed by atoms with Gasteiger partial charge in [-0.3, -0.25) is 10.1 Å². The van der Waals surface area contributed by atoms with Crippen LogP contribution in [0.5, 0.6) is 0 Å². The maximum atomic E-state index is 11.3. The Morgan fingerprint density at radius 3 is 3.00 bits per heavy atom. The highest BCUT2D eigenvalue weighted by Crippen LogP contribution is 2.36. The fourth-order valence-electron chi connectivity index (χ4n) is 1.11. The maximum Gasteiger partial charge on any atom is 0.234 e. The second-order valence-electron chi connectivity index (χ2n) is 3.24. The van der Waals surface area contributed by atoms with Crippen LogP contribution in [0.4, 0.5) is 5.88 Å². The van der Waals surface area contributed by atoms with Gasteiger partial charge in [-0.05, 0) is 13.3 Å². The zero-order chi connectivity index (χ0) is 9.42. The minimum atomic E-state index is -0.0545. The Bertz CT molecular complexity index is 367. The molecule has 68 valence electrons. The smallest absolute Gasteiger partial charge is 0.234 e. The van der Waals surface area contributed by atoms with Gasteiger partial charge in [0.1, 0.15) is 0 Å². The van der Waals surface area contributed by atoms with Gasteiger partial charge in [-0.2, -0.15) is 0 Å². The summed E-state index contributed by atoms with van der Waals surface area (Å²) in [6.45, 7) is 5.51. The molecule has 4 heteroatoms. The first-order chi connectivity index (χ1) is 6.16. The van der Waals surface area contributed by atoms with E-state index in [0.29, 0.717) is 5.88 Å². The van der Waals surface area contributed by atoms with Crippen LogP contribution in [0.25, 0.3) is 0 Å². The number of aromatic nitrogens is 1. The summed E-state index contributed by atoms with van der Waals surface area (Å²) < 4.78 is 4.84. The zero-order valence-corrected chi connectivity index (χ0v) is 7.33. The van der Waals surface area contributed by atoms with Gasteiger partial charge in [0, 0.05) is 6.07 Å². The topological polar surface area (TPSA) is 55.1 Å². The van der Waals surface area contributed by atoms with E-state index in [-0.39, 0.29) is 11.8 Å². The molecule has 0 radical (unpaired) electrons. The van der Waals surface area contributed by atoms with Crippen molar-refractivity contribution < 1.29 is 9.32 Å². The summed E-state index contributed by atoms with van der Waals surface area (Å²) in [6, 6.07) is 1.68. The number of carbonyl (C=O) groups excluding carboxylic acids is 1. The SMILES string of the molecule is C=C1CC1C(=O)Nc1cc(C)no1. The lowest BCUT2D eigenvalue weighted by molar-refractivity contribution is -0.117. The highest BCUT2D eigenvalue weighted by atomic mass is 16.5. The summed E-state index contributed by atoms with van der Waals surface area (Å²) in [6.07, 6.45) is 0.791. The minimum absolute atomic E-state index is 0.0228. The average Bonchev–Trinajstić information content (AvgIpc) is 2.66. The van der Waals surface area contributed by atoms with E-state index in [1.165, 1.54) is 0 Å². The van der Waals surface area contributed by atoms with Crippen molar-refractivity contribution in [2.45, 2.75) is 13.3 Å². The number of nitrogens with one attached hydrogen (secondary N) is 1. The first-order valence-corrected chi connectivity index (χ1v) is 4.08. The maximum absolute atomic E-state index is 11.3. The van der Waals surface area contributed by atoms with E-state index in [1.807, 2.05) is 0 Å². The Labute approximate surface area is 75.6 Å². The first kappa shape index (κ1) is 8.04. The lowest BCUT2D eigenvalue weighted by atomic mass is 10.3. The molecule has 1 atom stereocenters. The molecule has 13 heavy (non-hydrogen) atoms. The van der Waals surface area contributed by atoms with Gasteiger partial charge in [0.05, 0.1) is 11.6 Å². The van der Waals surface area contributed by atoms with Gasteiger partial charge < -0.3 is 4.52 Å². The number of nitrogens with zero attached hydrogens (tertiary/aromatic N) is 1. The molecule has 1 heterocycles. The Morgan fingerprint density at radius 1 is 1.85 bits per heavy atom. The van der Waals surface area contributed by atoms with E-state index in [9.17, 15) is 4.79 Å². The quantitative estimate of drug-likeness (QED) is 0.698. The number of anilines is 1. The molecule has 1 amide bonds. The van der Waals surface area contributed by atoms with E-state index in [4.69, 9.17) is 4.52 Å². The summed E-state index contributed by atoms with van der Waals surface area (Å²) >= 11 is 0. The van der Waals surface area contributed by atoms with E-state index < -0.39 is 0 Å². The summed E-state index contributed by atoms with van der Waals surface area (Å²) in [5.74, 6) is 0.328. The largest absolute Gasteiger partial charge is 0.338 e. The van der Waals surface area contributed by atoms with Crippen LogP contribution in [0.3, 0.4) is 0 Å². The van der Waals surface area contributed by atoms with Gasteiger partial charge in [0.2, 0.25) is 11.8 Å². The van der Waals surface area contributed by atoms with Crippen molar-refractivity contribution in [3.05, 3.63) is 23.9 Å². The molecule has 2 rings (SSSR count). The third-order valence-corrected chi connectivity index (χ3v) is 1.99. The monoisotopic (exact) mass is 178 g/mol. The molecule has 1 aromatic rings. The molecule has 4 nitrogen and oxygen atoms in total. The standard InChI is InChI=1S/C9H10N2O2/c1-5-3-7(5)9(12)10-8-4-6(2)11-13-8/h4,7H,1,3H2,2H3,(H,10,12). The van der Waals surface area contributed by atoms with Gasteiger partial charge in [0.15, 0.2) is 0 Å². The van der Waals surface area contributed by atoms with Crippen LogP contribution >= 0.6 is 0 Å². The van der Waals surface area contributed by atoms with Crippen molar-refractivity contribution in [1.29, 1.82) is 0 Å². The van der Waals surface area contributed by atoms with Gasteiger partial charge in [0.25, 0.3) is 0 Å². The van der Waals surface area contributed by atoms with Crippen molar-refractivity contribution in [3.8, 4) is 0 Å². The molecule has 1 unspecified atom stereocenters. The Hall–Kier alpha value is -1.58. The zero-order valence-electron chi connectivity index (χ0n) is 7.33. The minimum Gasteiger partial charge on any atom is -0.338 e. The number of carbonyl (C=O) groups is 1. The molecule has 1 aliphatic rings. The number of hydrogen-bond donors (Lipinski definition) is 1. The molecule has 1 fully saturated rings. The molecule has 0 bridgehead atoms. The van der Waals surface area contributed by atoms with Gasteiger partial charge in [-0.1, -0.05) is 17.3 Å². The fraction of sp³-hybridized carbons (Fsp3) is 0.333. The molecule has 1 aliphatic carbocycles. The van der Waals surface area contributed by atoms with E-state index in [0.717, 1.165) is 17.7 Å². The van der Waals surface area contributed by atoms with Crippen LogP contribution in [0, 0.1) is 12.8 Å². The first-order valence-electron chi connectivity index (χ1n) is 4.08. The molecule has 1 aromatic heterocycles. The Morgan fingerprint density at radius 2 is 2.54 bits per heavy atom. The third-order valence-electron chi connectivity index (χ3n) is 1.99. The fourth-order valence-corrected chi connectivity index (χ4v) is 1.11. The Kier molecular flexibility index (Phi) is 1.69. The lowest BCUT2D eigenvalue weighted by Crippen LogP contribution is -2.12. The van der Waals surface area contributed by atoms with Crippen LogP contribution in [-0.4, -0.2) is 11.1 Å². The second-order valence-corrected chi connectivity index (χ2v) is 3.24. The highest BCUT2D eigenvalue weighted by molar-refractivity contribution is 5.96. The summed E-state index contributed by atoms with van der Waals surface area (Å²) in [5, 5.41) is 6.28. The van der Waals surface area contributed by atoms with E-state index >= 15 is 0 Å². The molecule has 0 aliphatic heterocycles. The van der Waals surface area contributed by atoms with Crippen molar-refractivity contribution >= 4 is 11.8 Å². The number of amides is 1. The molecule has 0 saturated heterocycles. The van der Waals surface area contributed by atoms with Crippen molar-refractivity contribution in [2.75, 3.05) is 5.32 Å².